The van der Waals surface area contributed by atoms with Crippen LogP contribution in [0.2, 0.25) is 0 Å². The molecule has 1 N–H and O–H groups in total. The molecule has 1 aromatic rings. The van der Waals surface area contributed by atoms with Gasteiger partial charge in [0.1, 0.15) is 0 Å². The third kappa shape index (κ3) is 2.98. The predicted molar refractivity (Wildman–Crippen MR) is 79.2 cm³/mol. The third-order valence-corrected chi connectivity index (χ3v) is 3.61. The Labute approximate surface area is 115 Å². The van der Waals surface area contributed by atoms with Crippen LogP contribution in [0.3, 0.4) is 0 Å². The lowest BCUT2D eigenvalue weighted by Gasteiger charge is -2.37. The maximum atomic E-state index is 12.2. The Morgan fingerprint density at radius 2 is 2.16 bits per heavy atom. The van der Waals surface area contributed by atoms with E-state index in [2.05, 4.69) is 24.9 Å². The molecule has 0 saturated heterocycles. The maximum absolute atomic E-state index is 12.2. The summed E-state index contributed by atoms with van der Waals surface area (Å²) >= 11 is 0. The van der Waals surface area contributed by atoms with Crippen LogP contribution in [0.15, 0.2) is 36.9 Å². The van der Waals surface area contributed by atoms with Crippen LogP contribution in [-0.4, -0.2) is 17.5 Å². The molecule has 0 radical (unpaired) electrons. The van der Waals surface area contributed by atoms with Gasteiger partial charge in [0.05, 0.1) is 6.04 Å². The lowest BCUT2D eigenvalue weighted by Crippen LogP contribution is -2.42. The number of benzene rings is 1. The fourth-order valence-electron chi connectivity index (χ4n) is 2.65. The highest BCUT2D eigenvalue weighted by Gasteiger charge is 2.30. The van der Waals surface area contributed by atoms with Crippen molar-refractivity contribution in [1.29, 1.82) is 0 Å². The average Bonchev–Trinajstić information content (AvgIpc) is 2.42. The Morgan fingerprint density at radius 3 is 2.89 bits per heavy atom. The molecule has 2 amide bonds. The van der Waals surface area contributed by atoms with E-state index in [1.54, 1.807) is 6.08 Å². The molecule has 1 unspecified atom stereocenters. The number of hydrogen-bond donors (Lipinski definition) is 1. The molecular weight excluding hydrogens is 236 g/mol. The first kappa shape index (κ1) is 13.7. The molecule has 3 nitrogen and oxygen atoms in total. The fraction of sp³-hybridized carbons (Fsp3) is 0.438. The van der Waals surface area contributed by atoms with Gasteiger partial charge in [0.2, 0.25) is 0 Å². The number of para-hydroxylation sites is 1. The van der Waals surface area contributed by atoms with Crippen LogP contribution in [0.5, 0.6) is 0 Å². The molecular formula is C16H22N2O. The van der Waals surface area contributed by atoms with E-state index in [4.69, 9.17) is 0 Å². The third-order valence-electron chi connectivity index (χ3n) is 3.61. The van der Waals surface area contributed by atoms with Crippen molar-refractivity contribution >= 4 is 11.7 Å². The van der Waals surface area contributed by atoms with Crippen molar-refractivity contribution in [3.8, 4) is 0 Å². The summed E-state index contributed by atoms with van der Waals surface area (Å²) in [5.41, 5.74) is 2.18. The number of nitrogens with zero attached hydrogens (tertiary/aromatic N) is 1. The zero-order valence-corrected chi connectivity index (χ0v) is 11.6. The SMILES string of the molecule is C=CCN1C(=O)Nc2ccccc2C1CCCCC. The van der Waals surface area contributed by atoms with Gasteiger partial charge in [-0.15, -0.1) is 6.58 Å². The van der Waals surface area contributed by atoms with Gasteiger partial charge in [-0.1, -0.05) is 50.5 Å². The van der Waals surface area contributed by atoms with Gasteiger partial charge in [-0.2, -0.15) is 0 Å². The monoisotopic (exact) mass is 258 g/mol. The van der Waals surface area contributed by atoms with Crippen molar-refractivity contribution in [3.05, 3.63) is 42.5 Å². The van der Waals surface area contributed by atoms with Crippen molar-refractivity contribution < 1.29 is 4.79 Å². The molecule has 0 spiro atoms. The number of carbonyl (C=O) groups is 1. The molecule has 0 aliphatic carbocycles. The van der Waals surface area contributed by atoms with Crippen LogP contribution in [0.1, 0.15) is 44.2 Å². The van der Waals surface area contributed by atoms with Gasteiger partial charge in [-0.25, -0.2) is 4.79 Å². The molecule has 0 fully saturated rings. The number of urea groups is 1. The minimum atomic E-state index is -0.0138. The Bertz CT molecular complexity index is 456. The van der Waals surface area contributed by atoms with Gasteiger partial charge in [-0.3, -0.25) is 0 Å². The number of rotatable bonds is 6. The van der Waals surface area contributed by atoms with E-state index < -0.39 is 0 Å². The molecule has 1 atom stereocenters. The van der Waals surface area contributed by atoms with Gasteiger partial charge in [-0.05, 0) is 18.1 Å². The maximum Gasteiger partial charge on any atom is 0.322 e. The van der Waals surface area contributed by atoms with Crippen molar-refractivity contribution in [2.45, 2.75) is 38.6 Å². The molecule has 19 heavy (non-hydrogen) atoms. The van der Waals surface area contributed by atoms with E-state index in [1.165, 1.54) is 18.4 Å². The van der Waals surface area contributed by atoms with Gasteiger partial charge in [0, 0.05) is 12.2 Å². The van der Waals surface area contributed by atoms with Gasteiger partial charge in [0.25, 0.3) is 0 Å². The lowest BCUT2D eigenvalue weighted by atomic mass is 9.95. The zero-order valence-electron chi connectivity index (χ0n) is 11.6. The first-order valence-electron chi connectivity index (χ1n) is 7.05. The van der Waals surface area contributed by atoms with Crippen LogP contribution in [0.25, 0.3) is 0 Å². The van der Waals surface area contributed by atoms with Crippen LogP contribution in [0, 0.1) is 0 Å². The number of amides is 2. The minimum absolute atomic E-state index is 0.0138. The predicted octanol–water partition coefficient (Wildman–Crippen LogP) is 4.34. The standard InChI is InChI=1S/C16H22N2O/c1-3-5-6-11-15-13-9-7-8-10-14(13)17-16(19)18(15)12-4-2/h4,7-10,15H,2-3,5-6,11-12H2,1H3,(H,17,19). The van der Waals surface area contributed by atoms with Gasteiger partial charge >= 0.3 is 6.03 Å². The Kier molecular flexibility index (Phi) is 4.61. The summed E-state index contributed by atoms with van der Waals surface area (Å²) in [6.45, 7) is 6.55. The van der Waals surface area contributed by atoms with Crippen molar-refractivity contribution in [2.24, 2.45) is 0 Å². The minimum Gasteiger partial charge on any atom is -0.314 e. The highest BCUT2D eigenvalue weighted by molar-refractivity contribution is 5.93. The number of unbranched alkanes of at least 4 members (excludes halogenated alkanes) is 2. The van der Waals surface area contributed by atoms with Crippen molar-refractivity contribution in [3.63, 3.8) is 0 Å². The summed E-state index contributed by atoms with van der Waals surface area (Å²) in [4.78, 5) is 14.0. The Morgan fingerprint density at radius 1 is 1.37 bits per heavy atom. The number of hydrogen-bond acceptors (Lipinski definition) is 1. The second kappa shape index (κ2) is 6.41. The molecule has 1 aromatic carbocycles. The average molecular weight is 258 g/mol. The molecule has 2 rings (SSSR count). The van der Waals surface area contributed by atoms with Crippen LogP contribution in [-0.2, 0) is 0 Å². The van der Waals surface area contributed by atoms with Crippen molar-refractivity contribution in [1.82, 2.24) is 4.90 Å². The van der Waals surface area contributed by atoms with Crippen LogP contribution < -0.4 is 5.32 Å². The van der Waals surface area contributed by atoms with Crippen molar-refractivity contribution in [2.75, 3.05) is 11.9 Å². The normalized spacial score (nSPS) is 17.8. The molecule has 0 bridgehead atoms. The summed E-state index contributed by atoms with van der Waals surface area (Å²) < 4.78 is 0. The van der Waals surface area contributed by atoms with Crippen LogP contribution in [0.4, 0.5) is 10.5 Å². The first-order valence-corrected chi connectivity index (χ1v) is 7.05. The van der Waals surface area contributed by atoms with Crippen LogP contribution >= 0.6 is 0 Å². The highest BCUT2D eigenvalue weighted by atomic mass is 16.2. The molecule has 3 heteroatoms. The quantitative estimate of drug-likeness (QED) is 0.597. The second-order valence-corrected chi connectivity index (χ2v) is 4.97. The summed E-state index contributed by atoms with van der Waals surface area (Å²) in [6, 6.07) is 8.25. The Hall–Kier alpha value is -1.77. The number of fused-ring (bicyclic) bond motifs is 1. The topological polar surface area (TPSA) is 32.3 Å². The van der Waals surface area contributed by atoms with E-state index in [1.807, 2.05) is 23.1 Å². The zero-order chi connectivity index (χ0) is 13.7. The molecule has 1 aliphatic rings. The molecule has 1 heterocycles. The van der Waals surface area contributed by atoms with Gasteiger partial charge in [0.15, 0.2) is 0 Å². The van der Waals surface area contributed by atoms with E-state index in [9.17, 15) is 4.79 Å². The van der Waals surface area contributed by atoms with E-state index >= 15 is 0 Å². The van der Waals surface area contributed by atoms with E-state index in [0.717, 1.165) is 18.5 Å². The molecule has 0 saturated carbocycles. The molecule has 0 aromatic heterocycles. The summed E-state index contributed by atoms with van der Waals surface area (Å²) in [5, 5.41) is 2.95. The largest absolute Gasteiger partial charge is 0.322 e. The second-order valence-electron chi connectivity index (χ2n) is 4.97. The molecule has 102 valence electrons. The summed E-state index contributed by atoms with van der Waals surface area (Å²) in [5.74, 6) is 0. The molecule has 1 aliphatic heterocycles. The first-order chi connectivity index (χ1) is 9.27. The highest BCUT2D eigenvalue weighted by Crippen LogP contribution is 2.35. The smallest absolute Gasteiger partial charge is 0.314 e. The Balaban J connectivity index is 2.25. The van der Waals surface area contributed by atoms with Gasteiger partial charge < -0.3 is 10.2 Å². The lowest BCUT2D eigenvalue weighted by molar-refractivity contribution is 0.187. The number of nitrogens with one attached hydrogen (secondary N) is 1. The van der Waals surface area contributed by atoms with E-state index in [0.29, 0.717) is 6.54 Å². The fourth-order valence-corrected chi connectivity index (χ4v) is 2.65. The summed E-state index contributed by atoms with van der Waals surface area (Å²) in [7, 11) is 0. The number of anilines is 1. The number of carbonyl (C=O) groups excluding carboxylic acids is 1. The van der Waals surface area contributed by atoms with E-state index in [-0.39, 0.29) is 12.1 Å². The summed E-state index contributed by atoms with van der Waals surface area (Å²) in [6.07, 6.45) is 6.37.